The first kappa shape index (κ1) is 19.1. The van der Waals surface area contributed by atoms with E-state index in [1.165, 1.54) is 0 Å². The van der Waals surface area contributed by atoms with Crippen molar-refractivity contribution < 1.29 is 14.1 Å². The Hall–Kier alpha value is -2.22. The number of carbonyl (C=O) groups is 1. The maximum Gasteiger partial charge on any atom is 0.274 e. The van der Waals surface area contributed by atoms with Crippen LogP contribution in [0, 0.1) is 12.8 Å². The molecule has 0 bridgehead atoms. The summed E-state index contributed by atoms with van der Waals surface area (Å²) in [7, 11) is 1.87. The van der Waals surface area contributed by atoms with E-state index in [0.29, 0.717) is 17.5 Å². The highest BCUT2D eigenvalue weighted by molar-refractivity contribution is 5.92. The molecule has 1 amide bonds. The van der Waals surface area contributed by atoms with E-state index in [9.17, 15) is 4.79 Å². The molecule has 2 aromatic heterocycles. The summed E-state index contributed by atoms with van der Waals surface area (Å²) in [5.41, 5.74) is 1.54. The van der Waals surface area contributed by atoms with Gasteiger partial charge in [0.1, 0.15) is 0 Å². The summed E-state index contributed by atoms with van der Waals surface area (Å²) < 4.78 is 12.6. The van der Waals surface area contributed by atoms with Gasteiger partial charge in [0.05, 0.1) is 0 Å². The van der Waals surface area contributed by atoms with Crippen LogP contribution in [0.2, 0.25) is 0 Å². The number of carbonyl (C=O) groups excluding carboxylic acids is 1. The lowest BCUT2D eigenvalue weighted by Gasteiger charge is -2.32. The molecule has 4 rings (SSSR count). The highest BCUT2D eigenvalue weighted by Crippen LogP contribution is 2.26. The minimum atomic E-state index is 0.0368. The summed E-state index contributed by atoms with van der Waals surface area (Å²) in [4.78, 5) is 19.3. The maximum absolute atomic E-state index is 12.8. The third-order valence-electron chi connectivity index (χ3n) is 5.97. The number of nitrogens with zero attached hydrogens (tertiary/aromatic N) is 5. The van der Waals surface area contributed by atoms with Crippen LogP contribution in [0.1, 0.15) is 65.9 Å². The smallest absolute Gasteiger partial charge is 0.274 e. The molecule has 0 aromatic carbocycles. The van der Waals surface area contributed by atoms with Crippen molar-refractivity contribution in [1.29, 1.82) is 0 Å². The molecule has 2 saturated heterocycles. The fourth-order valence-corrected chi connectivity index (χ4v) is 4.12. The monoisotopic (exact) mass is 387 g/mol. The van der Waals surface area contributed by atoms with E-state index in [0.717, 1.165) is 82.2 Å². The zero-order valence-electron chi connectivity index (χ0n) is 16.8. The molecule has 2 aliphatic heterocycles. The van der Waals surface area contributed by atoms with Gasteiger partial charge in [0.25, 0.3) is 5.91 Å². The molecule has 8 heteroatoms. The van der Waals surface area contributed by atoms with E-state index < -0.39 is 0 Å². The van der Waals surface area contributed by atoms with Gasteiger partial charge in [-0.05, 0) is 51.0 Å². The first-order valence-corrected chi connectivity index (χ1v) is 10.3. The Labute approximate surface area is 165 Å². The highest BCUT2D eigenvalue weighted by Gasteiger charge is 2.27. The molecule has 2 fully saturated rings. The molecule has 0 aliphatic carbocycles. The molecule has 8 nitrogen and oxygen atoms in total. The van der Waals surface area contributed by atoms with E-state index in [1.54, 1.807) is 4.68 Å². The molecule has 0 radical (unpaired) electrons. The predicted molar refractivity (Wildman–Crippen MR) is 102 cm³/mol. The van der Waals surface area contributed by atoms with Gasteiger partial charge in [0, 0.05) is 51.4 Å². The van der Waals surface area contributed by atoms with Crippen molar-refractivity contribution in [3.63, 3.8) is 0 Å². The zero-order valence-corrected chi connectivity index (χ0v) is 16.8. The van der Waals surface area contributed by atoms with Crippen molar-refractivity contribution in [2.75, 3.05) is 26.3 Å². The Morgan fingerprint density at radius 1 is 1.29 bits per heavy atom. The average molecular weight is 387 g/mol. The molecule has 0 saturated carbocycles. The predicted octanol–water partition coefficient (Wildman–Crippen LogP) is 2.49. The van der Waals surface area contributed by atoms with E-state index in [-0.39, 0.29) is 5.91 Å². The van der Waals surface area contributed by atoms with Crippen LogP contribution in [0.4, 0.5) is 0 Å². The summed E-state index contributed by atoms with van der Waals surface area (Å²) in [6.45, 7) is 5.08. The number of likely N-dealkylation sites (tertiary alicyclic amines) is 1. The minimum Gasteiger partial charge on any atom is -0.381 e. The van der Waals surface area contributed by atoms with Gasteiger partial charge in [-0.1, -0.05) is 5.16 Å². The Morgan fingerprint density at radius 3 is 2.86 bits per heavy atom. The van der Waals surface area contributed by atoms with Gasteiger partial charge in [-0.15, -0.1) is 0 Å². The molecule has 152 valence electrons. The lowest BCUT2D eigenvalue weighted by Crippen LogP contribution is -2.40. The van der Waals surface area contributed by atoms with Crippen molar-refractivity contribution in [3.8, 4) is 0 Å². The van der Waals surface area contributed by atoms with Gasteiger partial charge in [-0.2, -0.15) is 10.1 Å². The topological polar surface area (TPSA) is 86.3 Å². The number of hydrogen-bond acceptors (Lipinski definition) is 6. The third-order valence-corrected chi connectivity index (χ3v) is 5.97. The Kier molecular flexibility index (Phi) is 5.75. The van der Waals surface area contributed by atoms with E-state index in [2.05, 4.69) is 15.2 Å². The number of amides is 1. The minimum absolute atomic E-state index is 0.0368. The molecule has 28 heavy (non-hydrogen) atoms. The number of piperidine rings is 1. The Morgan fingerprint density at radius 2 is 2.11 bits per heavy atom. The summed E-state index contributed by atoms with van der Waals surface area (Å²) in [5, 5.41) is 8.50. The van der Waals surface area contributed by atoms with Crippen LogP contribution in [-0.4, -0.2) is 57.0 Å². The van der Waals surface area contributed by atoms with Gasteiger partial charge in [0.2, 0.25) is 5.89 Å². The zero-order chi connectivity index (χ0) is 19.5. The molecule has 0 N–H and O–H groups in total. The standard InChI is InChI=1S/C20H29N5O3/c1-14-12-17(22-24(14)2)20(26)25-9-3-4-15(13-25)5-6-18-21-19(28-23-18)16-7-10-27-11-8-16/h12,15-16H,3-11,13H2,1-2H3. The van der Waals surface area contributed by atoms with Crippen LogP contribution < -0.4 is 0 Å². The summed E-state index contributed by atoms with van der Waals surface area (Å²) >= 11 is 0. The Balaban J connectivity index is 1.30. The van der Waals surface area contributed by atoms with Crippen molar-refractivity contribution >= 4 is 5.91 Å². The molecular weight excluding hydrogens is 358 g/mol. The number of aromatic nitrogens is 4. The summed E-state index contributed by atoms with van der Waals surface area (Å²) in [6, 6.07) is 1.86. The summed E-state index contributed by atoms with van der Waals surface area (Å²) in [6.07, 6.45) is 5.83. The molecule has 2 aliphatic rings. The Bertz CT molecular complexity index is 789. The molecule has 1 unspecified atom stereocenters. The van der Waals surface area contributed by atoms with Crippen molar-refractivity contribution in [2.24, 2.45) is 13.0 Å². The second kappa shape index (κ2) is 8.43. The number of rotatable bonds is 5. The SMILES string of the molecule is Cc1cc(C(=O)N2CCCC(CCc3noc(C4CCOCC4)n3)C2)nn1C. The quantitative estimate of drug-likeness (QED) is 0.783. The highest BCUT2D eigenvalue weighted by atomic mass is 16.5. The first-order chi connectivity index (χ1) is 13.6. The van der Waals surface area contributed by atoms with Crippen molar-refractivity contribution in [1.82, 2.24) is 24.8 Å². The third kappa shape index (κ3) is 4.27. The molecule has 4 heterocycles. The fourth-order valence-electron chi connectivity index (χ4n) is 4.12. The first-order valence-electron chi connectivity index (χ1n) is 10.3. The second-order valence-corrected chi connectivity index (χ2v) is 8.03. The number of hydrogen-bond donors (Lipinski definition) is 0. The number of aryl methyl sites for hydroxylation is 3. The second-order valence-electron chi connectivity index (χ2n) is 8.03. The van der Waals surface area contributed by atoms with Crippen LogP contribution in [0.15, 0.2) is 10.6 Å². The van der Waals surface area contributed by atoms with Crippen LogP contribution >= 0.6 is 0 Å². The summed E-state index contributed by atoms with van der Waals surface area (Å²) in [5.74, 6) is 2.37. The van der Waals surface area contributed by atoms with Gasteiger partial charge >= 0.3 is 0 Å². The normalized spacial score (nSPS) is 21.2. The lowest BCUT2D eigenvalue weighted by atomic mass is 9.93. The van der Waals surface area contributed by atoms with E-state index in [4.69, 9.17) is 9.26 Å². The van der Waals surface area contributed by atoms with E-state index in [1.807, 2.05) is 24.9 Å². The molecule has 2 aromatic rings. The lowest BCUT2D eigenvalue weighted by molar-refractivity contribution is 0.0661. The van der Waals surface area contributed by atoms with Crippen molar-refractivity contribution in [3.05, 3.63) is 29.2 Å². The van der Waals surface area contributed by atoms with Gasteiger partial charge in [0.15, 0.2) is 11.5 Å². The maximum atomic E-state index is 12.8. The van der Waals surface area contributed by atoms with Crippen molar-refractivity contribution in [2.45, 2.75) is 51.4 Å². The van der Waals surface area contributed by atoms with Crippen LogP contribution in [0.5, 0.6) is 0 Å². The van der Waals surface area contributed by atoms with Crippen LogP contribution in [0.25, 0.3) is 0 Å². The molecule has 1 atom stereocenters. The van der Waals surface area contributed by atoms with Gasteiger partial charge in [-0.25, -0.2) is 0 Å². The largest absolute Gasteiger partial charge is 0.381 e. The van der Waals surface area contributed by atoms with Crippen LogP contribution in [0.3, 0.4) is 0 Å². The van der Waals surface area contributed by atoms with Gasteiger partial charge in [-0.3, -0.25) is 9.48 Å². The fraction of sp³-hybridized carbons (Fsp3) is 0.700. The van der Waals surface area contributed by atoms with Crippen LogP contribution in [-0.2, 0) is 18.2 Å². The number of ether oxygens (including phenoxy) is 1. The average Bonchev–Trinajstić information content (AvgIpc) is 3.33. The molecular formula is C20H29N5O3. The van der Waals surface area contributed by atoms with Gasteiger partial charge < -0.3 is 14.2 Å². The van der Waals surface area contributed by atoms with E-state index >= 15 is 0 Å². The molecule has 0 spiro atoms.